The summed E-state index contributed by atoms with van der Waals surface area (Å²) in [5, 5.41) is 17.0. The highest BCUT2D eigenvalue weighted by Gasteiger charge is 2.36. The summed E-state index contributed by atoms with van der Waals surface area (Å²) in [7, 11) is 1.13. The Morgan fingerprint density at radius 3 is 2.49 bits per heavy atom. The maximum atomic E-state index is 14.1. The number of alkyl halides is 3. The third-order valence-electron chi connectivity index (χ3n) is 6.49. The molecular weight excluding hydrogens is 564 g/mol. The molecular formula is C23H29Cl2F3N8O3. The standard InChI is InChI=1S/C23H27F3N8O3.2ClH/c1-31(22(35)36)19-11-17(23(24,25)26)16(12-28-19)20-29-21(33-6-8-37-9-7-33)18-10-15(14-34(18)30-20)13-32-4-2-27-3-5-32;;/h10-12,14,27H,2-9,13H2,1H3,(H,35,36);2*1H. The number of morpholine rings is 1. The van der Waals surface area contributed by atoms with E-state index in [2.05, 4.69) is 25.3 Å². The van der Waals surface area contributed by atoms with Gasteiger partial charge >= 0.3 is 12.3 Å². The molecule has 0 aromatic carbocycles. The summed E-state index contributed by atoms with van der Waals surface area (Å²) >= 11 is 0. The Labute approximate surface area is 234 Å². The fourth-order valence-electron chi connectivity index (χ4n) is 4.51. The van der Waals surface area contributed by atoms with Crippen molar-refractivity contribution in [2.75, 3.05) is 69.3 Å². The van der Waals surface area contributed by atoms with Gasteiger partial charge in [0.1, 0.15) is 11.3 Å². The van der Waals surface area contributed by atoms with Crippen LogP contribution in [0.3, 0.4) is 0 Å². The van der Waals surface area contributed by atoms with Gasteiger partial charge in [-0.1, -0.05) is 0 Å². The van der Waals surface area contributed by atoms with Gasteiger partial charge in [-0.2, -0.15) is 13.2 Å². The summed E-state index contributed by atoms with van der Waals surface area (Å²) in [6, 6.07) is 2.68. The first kappa shape index (κ1) is 30.6. The van der Waals surface area contributed by atoms with Gasteiger partial charge in [0.2, 0.25) is 0 Å². The summed E-state index contributed by atoms with van der Waals surface area (Å²) in [4.78, 5) is 24.7. The van der Waals surface area contributed by atoms with E-state index in [1.165, 1.54) is 0 Å². The number of carbonyl (C=O) groups is 1. The summed E-state index contributed by atoms with van der Waals surface area (Å²) in [6.07, 6.45) is -3.41. The summed E-state index contributed by atoms with van der Waals surface area (Å²) in [6.45, 7) is 6.32. The van der Waals surface area contributed by atoms with Crippen molar-refractivity contribution in [2.24, 2.45) is 0 Å². The number of aromatic nitrogens is 4. The van der Waals surface area contributed by atoms with Crippen molar-refractivity contribution in [3.63, 3.8) is 0 Å². The lowest BCUT2D eigenvalue weighted by atomic mass is 10.1. The summed E-state index contributed by atoms with van der Waals surface area (Å²) < 4.78 is 49.4. The molecule has 0 bridgehead atoms. The van der Waals surface area contributed by atoms with E-state index < -0.39 is 17.8 Å². The van der Waals surface area contributed by atoms with Crippen LogP contribution >= 0.6 is 24.8 Å². The molecule has 0 radical (unpaired) electrons. The van der Waals surface area contributed by atoms with Crippen LogP contribution in [-0.2, 0) is 17.5 Å². The quantitative estimate of drug-likeness (QED) is 0.462. The van der Waals surface area contributed by atoms with Gasteiger partial charge in [0.15, 0.2) is 11.6 Å². The Balaban J connectivity index is 0.00000210. The lowest BCUT2D eigenvalue weighted by Gasteiger charge is -2.28. The SMILES string of the molecule is CN(C(=O)O)c1cc(C(F)(F)F)c(-c2nc(N3CCOCC3)c3cc(CN4CCNCC4)cn3n2)cn1.Cl.Cl. The van der Waals surface area contributed by atoms with Crippen LogP contribution in [0.2, 0.25) is 0 Å². The lowest BCUT2D eigenvalue weighted by molar-refractivity contribution is -0.137. The van der Waals surface area contributed by atoms with Crippen molar-refractivity contribution in [3.8, 4) is 11.4 Å². The van der Waals surface area contributed by atoms with Crippen LogP contribution in [0.15, 0.2) is 24.5 Å². The Morgan fingerprint density at radius 2 is 1.85 bits per heavy atom. The number of pyridine rings is 1. The van der Waals surface area contributed by atoms with Crippen molar-refractivity contribution in [1.82, 2.24) is 29.8 Å². The van der Waals surface area contributed by atoms with E-state index in [0.29, 0.717) is 55.1 Å². The number of nitrogens with zero attached hydrogens (tertiary/aromatic N) is 7. The molecule has 0 saturated carbocycles. The second kappa shape index (κ2) is 12.5. The van der Waals surface area contributed by atoms with Crippen LogP contribution < -0.4 is 15.1 Å². The zero-order valence-electron chi connectivity index (χ0n) is 21.0. The van der Waals surface area contributed by atoms with E-state index in [0.717, 1.165) is 45.0 Å². The molecule has 11 nitrogen and oxygen atoms in total. The van der Waals surface area contributed by atoms with Crippen LogP contribution in [-0.4, -0.2) is 95.2 Å². The van der Waals surface area contributed by atoms with Gasteiger partial charge in [-0.3, -0.25) is 9.80 Å². The number of rotatable bonds is 5. The molecule has 0 aliphatic carbocycles. The highest BCUT2D eigenvalue weighted by Crippen LogP contribution is 2.38. The molecule has 2 N–H and O–H groups in total. The van der Waals surface area contributed by atoms with E-state index in [-0.39, 0.29) is 42.0 Å². The number of hydrogen-bond donors (Lipinski definition) is 2. The molecule has 214 valence electrons. The number of piperazine rings is 1. The van der Waals surface area contributed by atoms with Gasteiger partial charge in [-0.15, -0.1) is 29.9 Å². The first-order valence-electron chi connectivity index (χ1n) is 11.9. The molecule has 5 rings (SSSR count). The van der Waals surface area contributed by atoms with Crippen LogP contribution in [0.1, 0.15) is 11.1 Å². The number of halogens is 5. The highest BCUT2D eigenvalue weighted by atomic mass is 35.5. The number of nitrogens with one attached hydrogen (secondary N) is 1. The van der Waals surface area contributed by atoms with E-state index in [1.807, 2.05) is 17.2 Å². The molecule has 39 heavy (non-hydrogen) atoms. The van der Waals surface area contributed by atoms with Gasteiger partial charge in [0, 0.05) is 65.3 Å². The monoisotopic (exact) mass is 592 g/mol. The first-order chi connectivity index (χ1) is 17.7. The maximum Gasteiger partial charge on any atom is 0.417 e. The van der Waals surface area contributed by atoms with Crippen LogP contribution in [0, 0.1) is 0 Å². The fourth-order valence-corrected chi connectivity index (χ4v) is 4.51. The van der Waals surface area contributed by atoms with E-state index in [1.54, 1.807) is 4.52 Å². The summed E-state index contributed by atoms with van der Waals surface area (Å²) in [5.74, 6) is 0.0136. The molecule has 1 amide bonds. The normalized spacial score (nSPS) is 16.5. The zero-order chi connectivity index (χ0) is 26.2. The second-order valence-electron chi connectivity index (χ2n) is 8.99. The van der Waals surface area contributed by atoms with E-state index in [9.17, 15) is 23.1 Å². The Kier molecular flexibility index (Phi) is 9.83. The number of hydrogen-bond acceptors (Lipinski definition) is 8. The van der Waals surface area contributed by atoms with E-state index >= 15 is 0 Å². The highest BCUT2D eigenvalue weighted by molar-refractivity contribution is 5.86. The average Bonchev–Trinajstić information content (AvgIpc) is 3.30. The van der Waals surface area contributed by atoms with Gasteiger partial charge in [-0.05, 0) is 17.7 Å². The molecule has 0 unspecified atom stereocenters. The largest absolute Gasteiger partial charge is 0.465 e. The van der Waals surface area contributed by atoms with Crippen molar-refractivity contribution >= 4 is 48.1 Å². The molecule has 3 aromatic heterocycles. The van der Waals surface area contributed by atoms with Gasteiger partial charge in [0.25, 0.3) is 0 Å². The molecule has 5 heterocycles. The Hall–Kier alpha value is -2.91. The molecule has 2 aliphatic heterocycles. The van der Waals surface area contributed by atoms with Gasteiger partial charge in [-0.25, -0.2) is 19.3 Å². The van der Waals surface area contributed by atoms with Crippen molar-refractivity contribution < 1.29 is 27.8 Å². The fraction of sp³-hybridized carbons (Fsp3) is 0.478. The van der Waals surface area contributed by atoms with Crippen LogP contribution in [0.5, 0.6) is 0 Å². The number of anilines is 2. The molecule has 0 atom stereocenters. The second-order valence-corrected chi connectivity index (χ2v) is 8.99. The third-order valence-corrected chi connectivity index (χ3v) is 6.49. The zero-order valence-corrected chi connectivity index (χ0v) is 22.7. The number of amides is 1. The van der Waals surface area contributed by atoms with Crippen molar-refractivity contribution in [3.05, 3.63) is 35.7 Å². The Morgan fingerprint density at radius 1 is 1.15 bits per heavy atom. The predicted molar refractivity (Wildman–Crippen MR) is 143 cm³/mol. The molecule has 0 spiro atoms. The van der Waals surface area contributed by atoms with Crippen LogP contribution in [0.25, 0.3) is 16.9 Å². The Bertz CT molecular complexity index is 1300. The molecule has 2 fully saturated rings. The van der Waals surface area contributed by atoms with Crippen molar-refractivity contribution in [2.45, 2.75) is 12.7 Å². The third kappa shape index (κ3) is 6.64. The molecule has 3 aromatic rings. The lowest BCUT2D eigenvalue weighted by Crippen LogP contribution is -2.42. The predicted octanol–water partition coefficient (Wildman–Crippen LogP) is 3.01. The molecule has 16 heteroatoms. The minimum absolute atomic E-state index is 0. The summed E-state index contributed by atoms with van der Waals surface area (Å²) in [5.41, 5.74) is 0.282. The van der Waals surface area contributed by atoms with Crippen molar-refractivity contribution in [1.29, 1.82) is 0 Å². The van der Waals surface area contributed by atoms with Crippen LogP contribution in [0.4, 0.5) is 29.6 Å². The average molecular weight is 593 g/mol. The minimum Gasteiger partial charge on any atom is -0.465 e. The topological polar surface area (TPSA) is 111 Å². The molecule has 2 saturated heterocycles. The first-order valence-corrected chi connectivity index (χ1v) is 11.9. The van der Waals surface area contributed by atoms with Gasteiger partial charge in [0.05, 0.1) is 24.3 Å². The number of ether oxygens (including phenoxy) is 1. The number of fused-ring (bicyclic) bond motifs is 1. The minimum atomic E-state index is -4.78. The number of carboxylic acid groups (broad SMARTS) is 1. The van der Waals surface area contributed by atoms with Gasteiger partial charge < -0.3 is 20.1 Å². The smallest absolute Gasteiger partial charge is 0.417 e. The maximum absolute atomic E-state index is 14.1. The van der Waals surface area contributed by atoms with E-state index in [4.69, 9.17) is 4.74 Å². The molecule has 2 aliphatic rings.